The molecule has 0 aromatic rings. The number of rotatable bonds is 0. The normalized spacial score (nSPS) is 29.1. The largest absolute Gasteiger partial charge is 0.0995 e. The third-order valence-electron chi connectivity index (χ3n) is 2.83. The molecule has 0 saturated carbocycles. The first-order valence-electron chi connectivity index (χ1n) is 5.49. The predicted molar refractivity (Wildman–Crippen MR) is 64.3 cm³/mol. The molecule has 78 valence electrons. The highest BCUT2D eigenvalue weighted by Gasteiger charge is 2.12. The Bertz CT molecular complexity index is 264. The van der Waals surface area contributed by atoms with Crippen LogP contribution in [0.25, 0.3) is 0 Å². The summed E-state index contributed by atoms with van der Waals surface area (Å²) in [4.78, 5) is 0. The fourth-order valence-corrected chi connectivity index (χ4v) is 1.63. The Morgan fingerprint density at radius 3 is 2.71 bits per heavy atom. The van der Waals surface area contributed by atoms with Gasteiger partial charge in [-0.25, -0.2) is 0 Å². The Morgan fingerprint density at radius 2 is 2.00 bits per heavy atom. The topological polar surface area (TPSA) is 0 Å². The summed E-state index contributed by atoms with van der Waals surface area (Å²) in [6, 6.07) is 0. The molecule has 0 heterocycles. The van der Waals surface area contributed by atoms with E-state index in [9.17, 15) is 0 Å². The van der Waals surface area contributed by atoms with Gasteiger partial charge in [0, 0.05) is 0 Å². The SMILES string of the molecule is C=C1C/C=C\C(C)(C)C/C=C(\C)CC1. The van der Waals surface area contributed by atoms with Gasteiger partial charge in [0.05, 0.1) is 0 Å². The third-order valence-corrected chi connectivity index (χ3v) is 2.83. The molecule has 1 aliphatic rings. The molecule has 1 rings (SSSR count). The van der Waals surface area contributed by atoms with Crippen molar-refractivity contribution in [2.45, 2.75) is 46.5 Å². The van der Waals surface area contributed by atoms with Gasteiger partial charge in [0.25, 0.3) is 0 Å². The maximum atomic E-state index is 4.09. The maximum Gasteiger partial charge on any atom is -0.0140 e. The first-order valence-corrected chi connectivity index (χ1v) is 5.49. The fourth-order valence-electron chi connectivity index (χ4n) is 1.63. The van der Waals surface area contributed by atoms with Crippen molar-refractivity contribution in [2.75, 3.05) is 0 Å². The highest BCUT2D eigenvalue weighted by Crippen LogP contribution is 2.26. The van der Waals surface area contributed by atoms with Crippen LogP contribution in [0.3, 0.4) is 0 Å². The van der Waals surface area contributed by atoms with Crippen LogP contribution in [0.15, 0.2) is 36.0 Å². The van der Waals surface area contributed by atoms with Crippen molar-refractivity contribution in [3.8, 4) is 0 Å². The average molecular weight is 190 g/mol. The zero-order valence-electron chi connectivity index (χ0n) is 9.77. The van der Waals surface area contributed by atoms with Crippen molar-refractivity contribution in [2.24, 2.45) is 5.41 Å². The van der Waals surface area contributed by atoms with Gasteiger partial charge in [0.15, 0.2) is 0 Å². The summed E-state index contributed by atoms with van der Waals surface area (Å²) >= 11 is 0. The first kappa shape index (κ1) is 11.3. The van der Waals surface area contributed by atoms with E-state index in [1.54, 1.807) is 0 Å². The van der Waals surface area contributed by atoms with E-state index in [4.69, 9.17) is 0 Å². The maximum absolute atomic E-state index is 4.09. The smallest absolute Gasteiger partial charge is 0.0140 e. The van der Waals surface area contributed by atoms with Gasteiger partial charge in [-0.3, -0.25) is 0 Å². The van der Waals surface area contributed by atoms with Gasteiger partial charge < -0.3 is 0 Å². The lowest BCUT2D eigenvalue weighted by atomic mass is 9.86. The molecule has 0 nitrogen and oxygen atoms in total. The van der Waals surface area contributed by atoms with E-state index in [0.29, 0.717) is 5.41 Å². The van der Waals surface area contributed by atoms with Crippen LogP contribution in [0.4, 0.5) is 0 Å². The average Bonchev–Trinajstić information content (AvgIpc) is 2.10. The van der Waals surface area contributed by atoms with Gasteiger partial charge >= 0.3 is 0 Å². The van der Waals surface area contributed by atoms with Crippen LogP contribution >= 0.6 is 0 Å². The number of allylic oxidation sites excluding steroid dienone is 5. The Morgan fingerprint density at radius 1 is 1.29 bits per heavy atom. The number of hydrogen-bond donors (Lipinski definition) is 0. The van der Waals surface area contributed by atoms with Crippen LogP contribution in [0.1, 0.15) is 46.5 Å². The van der Waals surface area contributed by atoms with E-state index in [0.717, 1.165) is 19.3 Å². The van der Waals surface area contributed by atoms with E-state index in [1.807, 2.05) is 0 Å². The van der Waals surface area contributed by atoms with Crippen molar-refractivity contribution < 1.29 is 0 Å². The second-order valence-corrected chi connectivity index (χ2v) is 5.10. The number of hydrogen-bond acceptors (Lipinski definition) is 0. The highest BCUT2D eigenvalue weighted by atomic mass is 14.2. The third kappa shape index (κ3) is 3.95. The minimum absolute atomic E-state index is 0.304. The van der Waals surface area contributed by atoms with Gasteiger partial charge in [-0.15, -0.1) is 0 Å². The van der Waals surface area contributed by atoms with Crippen LogP contribution in [-0.2, 0) is 0 Å². The lowest BCUT2D eigenvalue weighted by Gasteiger charge is -2.19. The van der Waals surface area contributed by atoms with Crippen molar-refractivity contribution in [3.05, 3.63) is 36.0 Å². The second kappa shape index (κ2) is 4.63. The van der Waals surface area contributed by atoms with Crippen LogP contribution in [0, 0.1) is 5.41 Å². The van der Waals surface area contributed by atoms with E-state index in [1.165, 1.54) is 17.6 Å². The quantitative estimate of drug-likeness (QED) is 0.488. The monoisotopic (exact) mass is 190 g/mol. The van der Waals surface area contributed by atoms with E-state index >= 15 is 0 Å². The molecule has 14 heavy (non-hydrogen) atoms. The molecule has 0 aromatic carbocycles. The van der Waals surface area contributed by atoms with Crippen molar-refractivity contribution in [1.82, 2.24) is 0 Å². The molecule has 0 fully saturated rings. The summed E-state index contributed by atoms with van der Waals surface area (Å²) in [5, 5.41) is 0. The lowest BCUT2D eigenvalue weighted by Crippen LogP contribution is -2.06. The summed E-state index contributed by atoms with van der Waals surface area (Å²) in [6.07, 6.45) is 11.5. The van der Waals surface area contributed by atoms with Crippen molar-refractivity contribution in [1.29, 1.82) is 0 Å². The van der Waals surface area contributed by atoms with Gasteiger partial charge in [-0.05, 0) is 38.0 Å². The van der Waals surface area contributed by atoms with Crippen LogP contribution < -0.4 is 0 Å². The van der Waals surface area contributed by atoms with Gasteiger partial charge in [-0.2, -0.15) is 0 Å². The molecule has 0 bridgehead atoms. The molecular weight excluding hydrogens is 168 g/mol. The Balaban J connectivity index is 2.75. The molecular formula is C14H22. The van der Waals surface area contributed by atoms with Crippen LogP contribution in [-0.4, -0.2) is 0 Å². The Hall–Kier alpha value is -0.780. The minimum atomic E-state index is 0.304. The summed E-state index contributed by atoms with van der Waals surface area (Å²) < 4.78 is 0. The predicted octanol–water partition coefficient (Wildman–Crippen LogP) is 4.65. The molecule has 0 aliphatic heterocycles. The molecule has 0 atom stereocenters. The lowest BCUT2D eigenvalue weighted by molar-refractivity contribution is 0.484. The van der Waals surface area contributed by atoms with Crippen molar-refractivity contribution in [3.63, 3.8) is 0 Å². The van der Waals surface area contributed by atoms with Gasteiger partial charge in [0.1, 0.15) is 0 Å². The molecule has 0 N–H and O–H groups in total. The van der Waals surface area contributed by atoms with Crippen LogP contribution in [0.5, 0.6) is 0 Å². The molecule has 0 spiro atoms. The van der Waals surface area contributed by atoms with E-state index < -0.39 is 0 Å². The molecule has 0 heteroatoms. The standard InChI is InChI=1S/C14H22/c1-12-6-5-10-14(3,4)11-9-13(2)8-7-12/h5,9-10H,1,6-8,11H2,2-4H3/b10-5-,13-9+. The molecule has 0 aromatic heterocycles. The van der Waals surface area contributed by atoms with Crippen molar-refractivity contribution >= 4 is 0 Å². The second-order valence-electron chi connectivity index (χ2n) is 5.10. The zero-order chi connectivity index (χ0) is 10.6. The fraction of sp³-hybridized carbons (Fsp3) is 0.571. The molecule has 1 aliphatic carbocycles. The minimum Gasteiger partial charge on any atom is -0.0995 e. The molecule has 0 unspecified atom stereocenters. The first-order chi connectivity index (χ1) is 6.49. The Kier molecular flexibility index (Phi) is 3.74. The zero-order valence-corrected chi connectivity index (χ0v) is 9.77. The molecule has 0 saturated heterocycles. The summed E-state index contributed by atoms with van der Waals surface area (Å²) in [7, 11) is 0. The summed E-state index contributed by atoms with van der Waals surface area (Å²) in [6.45, 7) is 10.9. The molecule has 0 radical (unpaired) electrons. The summed E-state index contributed by atoms with van der Waals surface area (Å²) in [5.41, 5.74) is 3.17. The van der Waals surface area contributed by atoms with E-state index in [2.05, 4.69) is 45.6 Å². The van der Waals surface area contributed by atoms with Gasteiger partial charge in [-0.1, -0.05) is 49.8 Å². The highest BCUT2D eigenvalue weighted by molar-refractivity contribution is 5.12. The van der Waals surface area contributed by atoms with E-state index in [-0.39, 0.29) is 0 Å². The Labute approximate surface area is 88.4 Å². The molecule has 0 amide bonds. The van der Waals surface area contributed by atoms with Crippen LogP contribution in [0.2, 0.25) is 0 Å². The summed E-state index contributed by atoms with van der Waals surface area (Å²) in [5.74, 6) is 0. The van der Waals surface area contributed by atoms with Gasteiger partial charge in [0.2, 0.25) is 0 Å².